The molecular weight excluding hydrogens is 806 g/mol. The molecular formula is C46H40O12P2. The molecule has 8 aliphatic carbocycles. The zero-order chi connectivity index (χ0) is 40.4. The summed E-state index contributed by atoms with van der Waals surface area (Å²) in [5.74, 6) is 1.25. The molecule has 0 heterocycles. The quantitative estimate of drug-likeness (QED) is 0.0674. The summed E-state index contributed by atoms with van der Waals surface area (Å²) in [7, 11) is -4.14. The van der Waals surface area contributed by atoms with Crippen LogP contribution in [0.15, 0.2) is 72.8 Å². The second kappa shape index (κ2) is 12.7. The molecule has 0 aromatic heterocycles. The number of phosphoric acid groups is 2. The van der Waals surface area contributed by atoms with Crippen molar-refractivity contribution in [2.24, 2.45) is 0 Å². The normalized spacial score (nSPS) is 26.7. The first-order valence-electron chi connectivity index (χ1n) is 20.5. The molecule has 0 N–H and O–H groups in total. The summed E-state index contributed by atoms with van der Waals surface area (Å²) in [5.41, 5.74) is 18.8. The van der Waals surface area contributed by atoms with Gasteiger partial charge >= 0.3 is 15.6 Å². The lowest BCUT2D eigenvalue weighted by Gasteiger charge is -2.33. The van der Waals surface area contributed by atoms with E-state index in [1.807, 2.05) is 0 Å². The molecule has 8 aliphatic rings. The predicted octanol–water partition coefficient (Wildman–Crippen LogP) is 10.9. The van der Waals surface area contributed by atoms with Crippen LogP contribution in [0.4, 0.5) is 0 Å². The largest absolute Gasteiger partial charge is 0.585 e. The topological polar surface area (TPSA) is 126 Å². The minimum atomic E-state index is -4.54. The van der Waals surface area contributed by atoms with Crippen LogP contribution in [0.1, 0.15) is 162 Å². The molecule has 8 bridgehead atoms. The maximum atomic E-state index is 14.4. The highest BCUT2D eigenvalue weighted by molar-refractivity contribution is 7.49. The summed E-state index contributed by atoms with van der Waals surface area (Å²) in [4.78, 5) is 19.8. The van der Waals surface area contributed by atoms with Gasteiger partial charge in [0.15, 0.2) is 0 Å². The van der Waals surface area contributed by atoms with E-state index in [0.29, 0.717) is 48.0 Å². The van der Waals surface area contributed by atoms with Crippen molar-refractivity contribution in [2.45, 2.75) is 73.0 Å². The van der Waals surface area contributed by atoms with Crippen molar-refractivity contribution in [3.63, 3.8) is 0 Å². The number of rotatable bonds is 12. The van der Waals surface area contributed by atoms with Crippen LogP contribution in [0.2, 0.25) is 0 Å². The van der Waals surface area contributed by atoms with Gasteiger partial charge in [0.2, 0.25) is 0 Å². The van der Waals surface area contributed by atoms with Crippen LogP contribution in [0, 0.1) is 0 Å². The molecule has 0 fully saturated rings. The standard InChI is InChI=1S/C46H40O12P2/c1-49-55-59(47,56-50-2)53-45-41-37-19-39(35-17-31-27-13-25(29(31)15-33(35)37)21-9-5-7-11-23(21)27)43(41)46(54-60(48,57-51-3)58-52-4)44-40-20-38(42(44)45)34-16-30-26-14-28(32(30)18-36(34)40)24-12-8-6-10-22(24)26/h5-12,15-18,25-28,37-40H,13-14,19-20H2,1-4H3/t25-,26+,27+,28-,37-,38+,39+,40-. The third kappa shape index (κ3) is 4.65. The van der Waals surface area contributed by atoms with E-state index in [9.17, 15) is 9.13 Å². The van der Waals surface area contributed by atoms with Crippen LogP contribution in [-0.4, -0.2) is 28.4 Å². The zero-order valence-corrected chi connectivity index (χ0v) is 35.0. The van der Waals surface area contributed by atoms with Gasteiger partial charge in [-0.25, -0.2) is 28.7 Å². The van der Waals surface area contributed by atoms with E-state index in [0.717, 1.165) is 35.1 Å². The Kier molecular flexibility index (Phi) is 7.73. The zero-order valence-electron chi connectivity index (χ0n) is 33.2. The molecule has 8 atom stereocenters. The maximum absolute atomic E-state index is 14.4. The van der Waals surface area contributed by atoms with Crippen LogP contribution < -0.4 is 9.05 Å². The second-order valence-electron chi connectivity index (χ2n) is 17.2. The van der Waals surface area contributed by atoms with Crippen molar-refractivity contribution in [3.05, 3.63) is 162 Å². The Balaban J connectivity index is 1.04. The van der Waals surface area contributed by atoms with Gasteiger partial charge < -0.3 is 9.05 Å². The van der Waals surface area contributed by atoms with Crippen LogP contribution in [-0.2, 0) is 47.4 Å². The molecule has 0 amide bonds. The van der Waals surface area contributed by atoms with E-state index in [4.69, 9.17) is 47.3 Å². The first-order chi connectivity index (χ1) is 29.3. The van der Waals surface area contributed by atoms with Crippen molar-refractivity contribution in [1.82, 2.24) is 0 Å². The van der Waals surface area contributed by atoms with Gasteiger partial charge in [0, 0.05) is 69.6 Å². The molecule has 0 saturated carbocycles. The molecule has 0 radical (unpaired) electrons. The average molecular weight is 847 g/mol. The number of fused-ring (bicyclic) bond motifs is 32. The van der Waals surface area contributed by atoms with Gasteiger partial charge in [-0.2, -0.15) is 0 Å². The van der Waals surface area contributed by atoms with Crippen LogP contribution >= 0.6 is 15.6 Å². The van der Waals surface area contributed by atoms with Crippen LogP contribution in [0.5, 0.6) is 11.5 Å². The fraction of sp³-hybridized carbons (Fsp3) is 0.348. The molecule has 5 aromatic carbocycles. The lowest BCUT2D eigenvalue weighted by atomic mass is 9.74. The molecule has 0 aliphatic heterocycles. The predicted molar refractivity (Wildman–Crippen MR) is 214 cm³/mol. The molecule has 0 unspecified atom stereocenters. The minimum Gasteiger partial charge on any atom is -0.400 e. The second-order valence-corrected chi connectivity index (χ2v) is 19.9. The molecule has 60 heavy (non-hydrogen) atoms. The summed E-state index contributed by atoms with van der Waals surface area (Å²) in [6.45, 7) is 0. The number of hydrogen-bond acceptors (Lipinski definition) is 12. The summed E-state index contributed by atoms with van der Waals surface area (Å²) >= 11 is 0. The lowest BCUT2D eigenvalue weighted by molar-refractivity contribution is -0.254. The molecule has 306 valence electrons. The van der Waals surface area contributed by atoms with Gasteiger partial charge in [0.1, 0.15) is 11.5 Å². The van der Waals surface area contributed by atoms with Gasteiger partial charge in [-0.15, -0.1) is 18.7 Å². The Labute approximate surface area is 345 Å². The molecule has 0 saturated heterocycles. The maximum Gasteiger partial charge on any atom is 0.585 e. The Morgan fingerprint density at radius 3 is 0.850 bits per heavy atom. The Morgan fingerprint density at radius 2 is 0.600 bits per heavy atom. The highest BCUT2D eigenvalue weighted by atomic mass is 31.2. The number of hydrogen-bond donors (Lipinski definition) is 0. The minimum absolute atomic E-state index is 0.196. The van der Waals surface area contributed by atoms with Crippen molar-refractivity contribution in [3.8, 4) is 11.5 Å². The summed E-state index contributed by atoms with van der Waals surface area (Å²) in [5, 5.41) is 0. The summed E-state index contributed by atoms with van der Waals surface area (Å²) in [6, 6.07) is 27.1. The number of benzene rings is 5. The van der Waals surface area contributed by atoms with Gasteiger partial charge in [-0.05, 0) is 92.4 Å². The van der Waals surface area contributed by atoms with Crippen molar-refractivity contribution >= 4 is 15.6 Å². The molecule has 14 heteroatoms. The Morgan fingerprint density at radius 1 is 0.367 bits per heavy atom. The SMILES string of the molecule is COOP(=O)(OOC)Oc1c2c(c(OP(=O)(OOC)OOC)c3c1[C@H]1C[C@@H]3c3cc4c(cc31)[C@H]1C[C@@H]4c3ccccc31)[C@H]1C[C@@H]2c2cc3c(cc21)[C@H]1C[C@@H]3c2ccccc21. The van der Waals surface area contributed by atoms with Crippen LogP contribution in [0.25, 0.3) is 0 Å². The van der Waals surface area contributed by atoms with Crippen molar-refractivity contribution in [1.29, 1.82) is 0 Å². The van der Waals surface area contributed by atoms with Gasteiger partial charge in [0.05, 0.1) is 28.4 Å². The van der Waals surface area contributed by atoms with E-state index in [1.54, 1.807) is 0 Å². The average Bonchev–Trinajstić information content (AvgIpc) is 4.13. The van der Waals surface area contributed by atoms with Crippen LogP contribution in [0.3, 0.4) is 0 Å². The van der Waals surface area contributed by atoms with E-state index < -0.39 is 15.6 Å². The summed E-state index contributed by atoms with van der Waals surface area (Å²) in [6.07, 6.45) is 3.47. The smallest absolute Gasteiger partial charge is 0.400 e. The monoisotopic (exact) mass is 846 g/mol. The highest BCUT2D eigenvalue weighted by Crippen LogP contribution is 2.74. The lowest BCUT2D eigenvalue weighted by Crippen LogP contribution is -2.17. The molecule has 0 spiro atoms. The van der Waals surface area contributed by atoms with E-state index in [-0.39, 0.29) is 23.7 Å². The molecule has 13 rings (SSSR count). The molecule has 5 aromatic rings. The van der Waals surface area contributed by atoms with Gasteiger partial charge in [0.25, 0.3) is 0 Å². The summed E-state index contributed by atoms with van der Waals surface area (Å²) < 4.78 is 63.0. The van der Waals surface area contributed by atoms with Gasteiger partial charge in [-0.1, -0.05) is 72.8 Å². The van der Waals surface area contributed by atoms with Crippen molar-refractivity contribution < 1.29 is 56.4 Å². The fourth-order valence-electron chi connectivity index (χ4n) is 13.3. The Hall–Kier alpha value is -4.16. The van der Waals surface area contributed by atoms with Crippen molar-refractivity contribution in [2.75, 3.05) is 28.4 Å². The first kappa shape index (κ1) is 36.5. The van der Waals surface area contributed by atoms with E-state index in [2.05, 4.69) is 72.8 Å². The highest BCUT2D eigenvalue weighted by Gasteiger charge is 2.57. The first-order valence-corrected chi connectivity index (χ1v) is 23.4. The fourth-order valence-corrected chi connectivity index (χ4v) is 15.0. The molecule has 12 nitrogen and oxygen atoms in total. The van der Waals surface area contributed by atoms with E-state index >= 15 is 0 Å². The van der Waals surface area contributed by atoms with Gasteiger partial charge in [-0.3, -0.25) is 0 Å². The third-order valence-corrected chi connectivity index (χ3v) is 17.1. The van der Waals surface area contributed by atoms with E-state index in [1.165, 1.54) is 95.2 Å². The third-order valence-electron chi connectivity index (χ3n) is 15.0. The Bertz CT molecular complexity index is 2480.